The Morgan fingerprint density at radius 1 is 1.30 bits per heavy atom. The molecule has 0 atom stereocenters. The number of carbonyl (C=O) groups is 2. The van der Waals surface area contributed by atoms with E-state index >= 15 is 0 Å². The van der Waals surface area contributed by atoms with Crippen LogP contribution in [0.5, 0.6) is 0 Å². The second-order valence-electron chi connectivity index (χ2n) is 4.64. The van der Waals surface area contributed by atoms with Gasteiger partial charge in [-0.1, -0.05) is 6.92 Å². The van der Waals surface area contributed by atoms with Crippen LogP contribution in [0.25, 0.3) is 0 Å². The number of hydrogen-bond donors (Lipinski definition) is 1. The lowest BCUT2D eigenvalue weighted by molar-refractivity contribution is -0.118. The van der Waals surface area contributed by atoms with Gasteiger partial charge >= 0.3 is 0 Å². The summed E-state index contributed by atoms with van der Waals surface area (Å²) in [5.74, 6) is 0.541. The van der Waals surface area contributed by atoms with E-state index in [1.54, 1.807) is 11.1 Å². The van der Waals surface area contributed by atoms with Crippen LogP contribution in [0.2, 0.25) is 0 Å². The van der Waals surface area contributed by atoms with E-state index in [9.17, 15) is 9.59 Å². The highest BCUT2D eigenvalue weighted by atomic mass is 16.2. The van der Waals surface area contributed by atoms with Crippen LogP contribution in [-0.2, 0) is 4.79 Å². The average Bonchev–Trinajstić information content (AvgIpc) is 2.53. The average molecular weight is 277 g/mol. The first-order valence-electron chi connectivity index (χ1n) is 6.79. The molecule has 0 saturated carbocycles. The van der Waals surface area contributed by atoms with Gasteiger partial charge < -0.3 is 15.1 Å². The number of rotatable bonds is 5. The van der Waals surface area contributed by atoms with Gasteiger partial charge in [0.2, 0.25) is 6.41 Å². The van der Waals surface area contributed by atoms with Gasteiger partial charge in [0.1, 0.15) is 11.5 Å². The first-order valence-corrected chi connectivity index (χ1v) is 6.79. The SMILES string of the molecule is CCCNC(=O)c1cnc(N2CCN(C=O)CC2)cn1. The largest absolute Gasteiger partial charge is 0.352 e. The molecule has 0 aromatic carbocycles. The van der Waals surface area contributed by atoms with Crippen LogP contribution in [0, 0.1) is 0 Å². The molecule has 2 heterocycles. The number of aromatic nitrogens is 2. The first kappa shape index (κ1) is 14.2. The Morgan fingerprint density at radius 3 is 2.60 bits per heavy atom. The smallest absolute Gasteiger partial charge is 0.271 e. The second kappa shape index (κ2) is 6.83. The van der Waals surface area contributed by atoms with Gasteiger partial charge in [-0.05, 0) is 6.42 Å². The minimum Gasteiger partial charge on any atom is -0.352 e. The van der Waals surface area contributed by atoms with E-state index in [-0.39, 0.29) is 5.91 Å². The second-order valence-corrected chi connectivity index (χ2v) is 4.64. The molecule has 0 bridgehead atoms. The van der Waals surface area contributed by atoms with Crippen molar-refractivity contribution in [2.45, 2.75) is 13.3 Å². The minimum absolute atomic E-state index is 0.198. The topological polar surface area (TPSA) is 78.4 Å². The van der Waals surface area contributed by atoms with E-state index in [2.05, 4.69) is 20.2 Å². The zero-order valence-electron chi connectivity index (χ0n) is 11.6. The maximum atomic E-state index is 11.7. The lowest BCUT2D eigenvalue weighted by atomic mass is 10.3. The monoisotopic (exact) mass is 277 g/mol. The zero-order valence-corrected chi connectivity index (χ0v) is 11.6. The molecular weight excluding hydrogens is 258 g/mol. The molecular formula is C13H19N5O2. The fraction of sp³-hybridized carbons (Fsp3) is 0.538. The Bertz CT molecular complexity index is 454. The molecule has 0 unspecified atom stereocenters. The molecule has 1 N–H and O–H groups in total. The summed E-state index contributed by atoms with van der Waals surface area (Å²) in [5, 5.41) is 2.76. The Balaban J connectivity index is 1.94. The molecule has 7 heteroatoms. The molecule has 1 saturated heterocycles. The van der Waals surface area contributed by atoms with Crippen LogP contribution >= 0.6 is 0 Å². The summed E-state index contributed by atoms with van der Waals surface area (Å²) >= 11 is 0. The van der Waals surface area contributed by atoms with Gasteiger partial charge in [-0.25, -0.2) is 9.97 Å². The van der Waals surface area contributed by atoms with E-state index in [1.165, 1.54) is 6.20 Å². The van der Waals surface area contributed by atoms with Crippen molar-refractivity contribution < 1.29 is 9.59 Å². The molecule has 2 rings (SSSR count). The van der Waals surface area contributed by atoms with E-state index < -0.39 is 0 Å². The van der Waals surface area contributed by atoms with E-state index in [0.717, 1.165) is 31.7 Å². The summed E-state index contributed by atoms with van der Waals surface area (Å²) in [6.45, 7) is 5.46. The molecule has 108 valence electrons. The highest BCUT2D eigenvalue weighted by Gasteiger charge is 2.17. The summed E-state index contributed by atoms with van der Waals surface area (Å²) in [4.78, 5) is 34.6. The molecule has 1 aromatic rings. The molecule has 0 radical (unpaired) electrons. The highest BCUT2D eigenvalue weighted by molar-refractivity contribution is 5.91. The third kappa shape index (κ3) is 3.43. The molecule has 7 nitrogen and oxygen atoms in total. The normalized spacial score (nSPS) is 15.1. The zero-order chi connectivity index (χ0) is 14.4. The number of piperazine rings is 1. The summed E-state index contributed by atoms with van der Waals surface area (Å²) in [6, 6.07) is 0. The summed E-state index contributed by atoms with van der Waals surface area (Å²) in [7, 11) is 0. The van der Waals surface area contributed by atoms with Crippen molar-refractivity contribution in [3.63, 3.8) is 0 Å². The predicted molar refractivity (Wildman–Crippen MR) is 74.5 cm³/mol. The van der Waals surface area contributed by atoms with Crippen LogP contribution in [0.4, 0.5) is 5.82 Å². The van der Waals surface area contributed by atoms with Gasteiger partial charge in [0.15, 0.2) is 0 Å². The molecule has 1 aliphatic rings. The third-order valence-electron chi connectivity index (χ3n) is 3.19. The number of amides is 2. The fourth-order valence-corrected chi connectivity index (χ4v) is 1.99. The molecule has 1 aliphatic heterocycles. The van der Waals surface area contributed by atoms with Crippen molar-refractivity contribution in [1.29, 1.82) is 0 Å². The van der Waals surface area contributed by atoms with E-state index in [0.29, 0.717) is 25.3 Å². The van der Waals surface area contributed by atoms with Crippen molar-refractivity contribution in [2.75, 3.05) is 37.6 Å². The maximum Gasteiger partial charge on any atom is 0.271 e. The summed E-state index contributed by atoms with van der Waals surface area (Å²) < 4.78 is 0. The van der Waals surface area contributed by atoms with Crippen molar-refractivity contribution in [3.8, 4) is 0 Å². The minimum atomic E-state index is -0.198. The molecule has 2 amide bonds. The Morgan fingerprint density at radius 2 is 2.05 bits per heavy atom. The van der Waals surface area contributed by atoms with Crippen molar-refractivity contribution in [3.05, 3.63) is 18.1 Å². The molecule has 20 heavy (non-hydrogen) atoms. The van der Waals surface area contributed by atoms with Crippen molar-refractivity contribution in [1.82, 2.24) is 20.2 Å². The van der Waals surface area contributed by atoms with E-state index in [4.69, 9.17) is 0 Å². The fourth-order valence-electron chi connectivity index (χ4n) is 1.99. The lowest BCUT2D eigenvalue weighted by Gasteiger charge is -2.33. The van der Waals surface area contributed by atoms with Crippen LogP contribution in [0.1, 0.15) is 23.8 Å². The lowest BCUT2D eigenvalue weighted by Crippen LogP contribution is -2.46. The standard InChI is InChI=1S/C13H19N5O2/c1-2-3-14-13(20)11-8-16-12(9-15-11)18-6-4-17(10-19)5-7-18/h8-10H,2-7H2,1H3,(H,14,20). The predicted octanol–water partition coefficient (Wildman–Crippen LogP) is -0.105. The van der Waals surface area contributed by atoms with Gasteiger partial charge in [0.25, 0.3) is 5.91 Å². The first-order chi connectivity index (χ1) is 9.74. The Hall–Kier alpha value is -2.18. The molecule has 0 aliphatic carbocycles. The summed E-state index contributed by atoms with van der Waals surface area (Å²) in [5.41, 5.74) is 0.328. The van der Waals surface area contributed by atoms with Crippen LogP contribution < -0.4 is 10.2 Å². The highest BCUT2D eigenvalue weighted by Crippen LogP contribution is 2.11. The van der Waals surface area contributed by atoms with Gasteiger partial charge in [0, 0.05) is 32.7 Å². The summed E-state index contributed by atoms with van der Waals surface area (Å²) in [6.07, 6.45) is 4.85. The number of anilines is 1. The molecule has 1 fully saturated rings. The number of nitrogens with one attached hydrogen (secondary N) is 1. The Labute approximate surface area is 118 Å². The number of nitrogens with zero attached hydrogens (tertiary/aromatic N) is 4. The molecule has 1 aromatic heterocycles. The number of carbonyl (C=O) groups excluding carboxylic acids is 2. The Kier molecular flexibility index (Phi) is 4.86. The van der Waals surface area contributed by atoms with Crippen LogP contribution in [-0.4, -0.2) is 59.9 Å². The third-order valence-corrected chi connectivity index (χ3v) is 3.19. The van der Waals surface area contributed by atoms with Crippen molar-refractivity contribution >= 4 is 18.1 Å². The van der Waals surface area contributed by atoms with Crippen LogP contribution in [0.3, 0.4) is 0 Å². The quantitative estimate of drug-likeness (QED) is 0.760. The van der Waals surface area contributed by atoms with Crippen LogP contribution in [0.15, 0.2) is 12.4 Å². The molecule has 0 spiro atoms. The van der Waals surface area contributed by atoms with Gasteiger partial charge in [-0.15, -0.1) is 0 Å². The van der Waals surface area contributed by atoms with Gasteiger partial charge in [0.05, 0.1) is 12.4 Å². The number of hydrogen-bond acceptors (Lipinski definition) is 5. The van der Waals surface area contributed by atoms with Gasteiger partial charge in [-0.2, -0.15) is 0 Å². The van der Waals surface area contributed by atoms with Crippen molar-refractivity contribution in [2.24, 2.45) is 0 Å². The van der Waals surface area contributed by atoms with Gasteiger partial charge in [-0.3, -0.25) is 9.59 Å². The maximum absolute atomic E-state index is 11.7. The van der Waals surface area contributed by atoms with E-state index in [1.807, 2.05) is 6.92 Å².